The number of methoxy groups -OCH3 is 2. The lowest BCUT2D eigenvalue weighted by Gasteiger charge is -2.31. The molecule has 1 amide bonds. The first-order valence-electron chi connectivity index (χ1n) is 15.1. The van der Waals surface area contributed by atoms with Gasteiger partial charge < -0.3 is 19.1 Å². The molecule has 0 unspecified atom stereocenters. The zero-order chi connectivity index (χ0) is 33.8. The molecular weight excluding hydrogens is 530 g/mol. The molecule has 0 N–H and O–H groups in total. The molecule has 0 radical (unpaired) electrons. The van der Waals surface area contributed by atoms with Crippen LogP contribution in [0, 0.1) is 11.3 Å². The van der Waals surface area contributed by atoms with Crippen LogP contribution in [0.4, 0.5) is 0 Å². The van der Waals surface area contributed by atoms with Crippen molar-refractivity contribution in [1.29, 1.82) is 5.26 Å². The molecule has 204 valence electrons. The SMILES string of the molecule is [2H]C([2H])([2H])Oc1cc(Cl)cc(-n2nc(C(=O)N(C)C(C)(C)C)c3c2-c2cc(-c4cncc(C#N)c4)c(OC([2H])([2H])[2H])cc2OC3)c1. The fourth-order valence-electron chi connectivity index (χ4n) is 4.39. The van der Waals surface area contributed by atoms with Gasteiger partial charge in [0.25, 0.3) is 5.91 Å². The van der Waals surface area contributed by atoms with E-state index in [1.54, 1.807) is 13.1 Å². The summed E-state index contributed by atoms with van der Waals surface area (Å²) in [6.45, 7) is 5.51. The number of rotatable bonds is 5. The Morgan fingerprint density at radius 3 is 2.67 bits per heavy atom. The average Bonchev–Trinajstić information content (AvgIpc) is 3.33. The maximum atomic E-state index is 13.9. The Labute approximate surface area is 245 Å². The topological polar surface area (TPSA) is 103 Å². The smallest absolute Gasteiger partial charge is 0.274 e. The molecule has 0 fully saturated rings. The molecule has 0 atom stereocenters. The van der Waals surface area contributed by atoms with Crippen molar-refractivity contribution in [1.82, 2.24) is 19.7 Å². The van der Waals surface area contributed by atoms with E-state index in [1.807, 2.05) is 26.8 Å². The highest BCUT2D eigenvalue weighted by Gasteiger charge is 2.34. The van der Waals surface area contributed by atoms with E-state index in [0.717, 1.165) is 0 Å². The summed E-state index contributed by atoms with van der Waals surface area (Å²) in [5.41, 5.74) is 1.92. The quantitative estimate of drug-likeness (QED) is 0.297. The highest BCUT2D eigenvalue weighted by atomic mass is 35.5. The van der Waals surface area contributed by atoms with Crippen molar-refractivity contribution in [3.8, 4) is 51.4 Å². The van der Waals surface area contributed by atoms with E-state index in [2.05, 4.69) is 4.98 Å². The Morgan fingerprint density at radius 2 is 1.95 bits per heavy atom. The number of pyridine rings is 1. The van der Waals surface area contributed by atoms with Crippen LogP contribution in [0.3, 0.4) is 0 Å². The number of nitriles is 1. The largest absolute Gasteiger partial charge is 0.497 e. The normalized spacial score (nSPS) is 14.9. The van der Waals surface area contributed by atoms with Gasteiger partial charge in [-0.3, -0.25) is 9.78 Å². The number of benzene rings is 2. The monoisotopic (exact) mass is 563 g/mol. The van der Waals surface area contributed by atoms with Gasteiger partial charge in [0.2, 0.25) is 0 Å². The van der Waals surface area contributed by atoms with Crippen molar-refractivity contribution in [3.63, 3.8) is 0 Å². The first kappa shape index (κ1) is 20.4. The standard InChI is InChI=1S/C30H28ClN5O4/c1-30(2,3)35(4)29(37)27-24-16-40-26-12-25(39-6)22(18-7-17(13-32)14-33-15-18)11-23(26)28(24)36(34-27)20-8-19(31)9-21(10-20)38-5/h7-12,14-15H,16H2,1-6H3/i5D3,6D3. The van der Waals surface area contributed by atoms with Gasteiger partial charge in [0.05, 0.1) is 39.2 Å². The van der Waals surface area contributed by atoms with E-state index in [-0.39, 0.29) is 51.4 Å². The Morgan fingerprint density at radius 1 is 1.15 bits per heavy atom. The number of hydrogen-bond donors (Lipinski definition) is 0. The third-order valence-electron chi connectivity index (χ3n) is 6.71. The predicted octanol–water partition coefficient (Wildman–Crippen LogP) is 5.91. The molecule has 40 heavy (non-hydrogen) atoms. The van der Waals surface area contributed by atoms with Crippen LogP contribution in [0.5, 0.6) is 17.2 Å². The van der Waals surface area contributed by atoms with Gasteiger partial charge in [-0.2, -0.15) is 10.4 Å². The molecule has 0 aliphatic carbocycles. The van der Waals surface area contributed by atoms with Crippen LogP contribution in [0.2, 0.25) is 5.02 Å². The van der Waals surface area contributed by atoms with E-state index < -0.39 is 25.5 Å². The predicted molar refractivity (Wildman–Crippen MR) is 151 cm³/mol. The lowest BCUT2D eigenvalue weighted by molar-refractivity contribution is 0.0646. The summed E-state index contributed by atoms with van der Waals surface area (Å²) in [6.07, 6.45) is 2.82. The fraction of sp³-hybridized carbons (Fsp3) is 0.267. The van der Waals surface area contributed by atoms with E-state index in [1.165, 1.54) is 52.3 Å². The number of amides is 1. The molecule has 9 nitrogen and oxygen atoms in total. The number of ether oxygens (including phenoxy) is 3. The number of carbonyl (C=O) groups excluding carboxylic acids is 1. The molecule has 2 aromatic carbocycles. The summed E-state index contributed by atoms with van der Waals surface area (Å²) in [5.74, 6) is -0.278. The minimum Gasteiger partial charge on any atom is -0.497 e. The van der Waals surface area contributed by atoms with Crippen LogP contribution in [-0.4, -0.2) is 52.2 Å². The van der Waals surface area contributed by atoms with Gasteiger partial charge in [0.1, 0.15) is 29.9 Å². The molecular formula is C30H28ClN5O4. The lowest BCUT2D eigenvalue weighted by atomic mass is 9.95. The van der Waals surface area contributed by atoms with Crippen LogP contribution in [0.25, 0.3) is 28.1 Å². The summed E-state index contributed by atoms with van der Waals surface area (Å²) in [6, 6.07) is 10.9. The molecule has 4 aromatic rings. The van der Waals surface area contributed by atoms with Crippen molar-refractivity contribution >= 4 is 17.5 Å². The Balaban J connectivity index is 1.81. The molecule has 1 aliphatic heterocycles. The van der Waals surface area contributed by atoms with Gasteiger partial charge in [-0.25, -0.2) is 4.68 Å². The van der Waals surface area contributed by atoms with Crippen molar-refractivity contribution in [2.45, 2.75) is 32.9 Å². The van der Waals surface area contributed by atoms with Crippen molar-refractivity contribution < 1.29 is 27.2 Å². The van der Waals surface area contributed by atoms with Gasteiger partial charge in [-0.1, -0.05) is 11.6 Å². The van der Waals surface area contributed by atoms with Crippen LogP contribution < -0.4 is 14.2 Å². The second-order valence-electron chi connectivity index (χ2n) is 10.2. The first-order chi connectivity index (χ1) is 21.3. The van der Waals surface area contributed by atoms with Gasteiger partial charge in [0, 0.05) is 64.4 Å². The van der Waals surface area contributed by atoms with E-state index in [9.17, 15) is 10.1 Å². The molecule has 0 saturated heterocycles. The second kappa shape index (κ2) is 10.2. The molecule has 2 aromatic heterocycles. The minimum absolute atomic E-state index is 0.0509. The maximum absolute atomic E-state index is 13.9. The minimum atomic E-state index is -2.82. The van der Waals surface area contributed by atoms with Gasteiger partial charge in [0.15, 0.2) is 5.69 Å². The third-order valence-corrected chi connectivity index (χ3v) is 6.93. The Bertz CT molecular complexity index is 1890. The zero-order valence-corrected chi connectivity index (χ0v) is 22.8. The number of aromatic nitrogens is 3. The number of halogens is 1. The summed E-state index contributed by atoms with van der Waals surface area (Å²) >= 11 is 6.40. The van der Waals surface area contributed by atoms with Gasteiger partial charge in [-0.15, -0.1) is 0 Å². The van der Waals surface area contributed by atoms with Crippen LogP contribution >= 0.6 is 11.6 Å². The summed E-state index contributed by atoms with van der Waals surface area (Å²) in [4.78, 5) is 19.5. The van der Waals surface area contributed by atoms with Crippen molar-refractivity contribution in [2.75, 3.05) is 21.1 Å². The van der Waals surface area contributed by atoms with Crippen LogP contribution in [-0.2, 0) is 6.61 Å². The number of fused-ring (bicyclic) bond motifs is 3. The molecule has 0 spiro atoms. The summed E-state index contributed by atoms with van der Waals surface area (Å²) in [7, 11) is -3.93. The molecule has 1 aliphatic rings. The average molecular weight is 564 g/mol. The fourth-order valence-corrected chi connectivity index (χ4v) is 4.61. The first-order valence-corrected chi connectivity index (χ1v) is 12.5. The Hall–Kier alpha value is -4.55. The summed E-state index contributed by atoms with van der Waals surface area (Å²) < 4.78 is 63.9. The van der Waals surface area contributed by atoms with Crippen LogP contribution in [0.1, 0.15) is 50.6 Å². The Kier molecular flexibility index (Phi) is 5.20. The second-order valence-corrected chi connectivity index (χ2v) is 10.6. The third kappa shape index (κ3) is 4.71. The van der Waals surface area contributed by atoms with Crippen molar-refractivity contribution in [3.05, 3.63) is 70.6 Å². The van der Waals surface area contributed by atoms with E-state index in [4.69, 9.17) is 39.1 Å². The van der Waals surface area contributed by atoms with Gasteiger partial charge >= 0.3 is 0 Å². The maximum Gasteiger partial charge on any atom is 0.274 e. The molecule has 10 heteroatoms. The van der Waals surface area contributed by atoms with Crippen molar-refractivity contribution in [2.24, 2.45) is 0 Å². The van der Waals surface area contributed by atoms with E-state index in [0.29, 0.717) is 22.4 Å². The lowest BCUT2D eigenvalue weighted by Crippen LogP contribution is -2.43. The van der Waals surface area contributed by atoms with Crippen LogP contribution in [0.15, 0.2) is 48.8 Å². The number of nitrogens with zero attached hydrogens (tertiary/aromatic N) is 5. The zero-order valence-electron chi connectivity index (χ0n) is 28.1. The van der Waals surface area contributed by atoms with Gasteiger partial charge in [-0.05, 0) is 45.0 Å². The highest BCUT2D eigenvalue weighted by Crippen LogP contribution is 2.46. The molecule has 0 bridgehead atoms. The number of hydrogen-bond acceptors (Lipinski definition) is 7. The molecule has 5 rings (SSSR count). The number of carbonyl (C=O) groups is 1. The molecule has 0 saturated carbocycles. The van der Waals surface area contributed by atoms with E-state index >= 15 is 0 Å². The highest BCUT2D eigenvalue weighted by molar-refractivity contribution is 6.30. The molecule has 3 heterocycles. The summed E-state index contributed by atoms with van der Waals surface area (Å²) in [5, 5.41) is 14.3.